The van der Waals surface area contributed by atoms with E-state index in [1.165, 1.54) is 22.0 Å². The summed E-state index contributed by atoms with van der Waals surface area (Å²) in [7, 11) is 0. The smallest absolute Gasteiger partial charge is 0.0454 e. The fourth-order valence-corrected chi connectivity index (χ4v) is 1.86. The second kappa shape index (κ2) is 4.84. The minimum absolute atomic E-state index is 0.964. The lowest BCUT2D eigenvalue weighted by Crippen LogP contribution is -1.88. The van der Waals surface area contributed by atoms with E-state index < -0.39 is 0 Å². The summed E-state index contributed by atoms with van der Waals surface area (Å²) >= 11 is 0. The average Bonchev–Trinajstić information content (AvgIpc) is 2.73. The fraction of sp³-hybridized carbons (Fsp3) is 0.200. The third-order valence-corrected chi connectivity index (χ3v) is 2.71. The lowest BCUT2D eigenvalue weighted by atomic mass is 10.0. The maximum Gasteiger partial charge on any atom is 0.0454 e. The van der Waals surface area contributed by atoms with Gasteiger partial charge in [0.2, 0.25) is 0 Å². The molecule has 16 heavy (non-hydrogen) atoms. The van der Waals surface area contributed by atoms with Gasteiger partial charge in [-0.15, -0.1) is 0 Å². The minimum Gasteiger partial charge on any atom is -0.361 e. The molecule has 2 aromatic rings. The number of aromatic nitrogens is 1. The molecule has 2 rings (SSSR count). The quantitative estimate of drug-likeness (QED) is 0.728. The van der Waals surface area contributed by atoms with Crippen LogP contribution in [0.5, 0.6) is 0 Å². The molecule has 0 unspecified atom stereocenters. The van der Waals surface area contributed by atoms with Crippen LogP contribution in [0.2, 0.25) is 0 Å². The van der Waals surface area contributed by atoms with Gasteiger partial charge < -0.3 is 4.98 Å². The van der Waals surface area contributed by atoms with Crippen molar-refractivity contribution in [3.8, 4) is 0 Å². The van der Waals surface area contributed by atoms with Gasteiger partial charge in [-0.3, -0.25) is 0 Å². The zero-order chi connectivity index (χ0) is 11.4. The van der Waals surface area contributed by atoms with Gasteiger partial charge in [0.05, 0.1) is 0 Å². The van der Waals surface area contributed by atoms with Gasteiger partial charge >= 0.3 is 0 Å². The summed E-state index contributed by atoms with van der Waals surface area (Å²) in [6.45, 7) is 6.14. The van der Waals surface area contributed by atoms with Crippen molar-refractivity contribution in [1.29, 1.82) is 0 Å². The van der Waals surface area contributed by atoms with Gasteiger partial charge in [-0.1, -0.05) is 30.4 Å². The van der Waals surface area contributed by atoms with E-state index in [1.54, 1.807) is 0 Å². The van der Waals surface area contributed by atoms with E-state index in [2.05, 4.69) is 48.0 Å². The molecule has 1 aromatic heterocycles. The van der Waals surface area contributed by atoms with E-state index in [0.717, 1.165) is 12.8 Å². The summed E-state index contributed by atoms with van der Waals surface area (Å²) < 4.78 is 0. The van der Waals surface area contributed by atoms with Gasteiger partial charge in [-0.2, -0.15) is 0 Å². The first-order valence-corrected chi connectivity index (χ1v) is 5.63. The summed E-state index contributed by atoms with van der Waals surface area (Å²) in [6, 6.07) is 8.63. The Morgan fingerprint density at radius 2 is 2.25 bits per heavy atom. The van der Waals surface area contributed by atoms with Gasteiger partial charge in [0.1, 0.15) is 0 Å². The Morgan fingerprint density at radius 1 is 1.38 bits per heavy atom. The third kappa shape index (κ3) is 2.43. The number of aromatic amines is 1. The van der Waals surface area contributed by atoms with Crippen molar-refractivity contribution in [3.63, 3.8) is 0 Å². The zero-order valence-electron chi connectivity index (χ0n) is 9.66. The van der Waals surface area contributed by atoms with Crippen molar-refractivity contribution in [2.45, 2.75) is 19.8 Å². The molecule has 1 nitrogen and oxygen atoms in total. The van der Waals surface area contributed by atoms with Crippen molar-refractivity contribution in [2.75, 3.05) is 0 Å². The van der Waals surface area contributed by atoms with Crippen LogP contribution in [0.15, 0.2) is 54.8 Å². The van der Waals surface area contributed by atoms with Crippen LogP contribution in [0.1, 0.15) is 18.9 Å². The number of nitrogens with one attached hydrogen (secondary N) is 1. The Labute approximate surface area is 96.5 Å². The molecule has 0 saturated carbocycles. The molecule has 0 atom stereocenters. The van der Waals surface area contributed by atoms with Gasteiger partial charge in [0, 0.05) is 11.7 Å². The normalized spacial score (nSPS) is 11.3. The molecule has 0 bridgehead atoms. The molecule has 1 heteroatoms. The number of fused-ring (bicyclic) bond motifs is 1. The molecule has 0 aliphatic heterocycles. The summed E-state index contributed by atoms with van der Waals surface area (Å²) in [4.78, 5) is 3.20. The van der Waals surface area contributed by atoms with E-state index in [1.807, 2.05) is 13.1 Å². The van der Waals surface area contributed by atoms with Crippen molar-refractivity contribution < 1.29 is 0 Å². The molecular formula is C15H17N. The van der Waals surface area contributed by atoms with Crippen molar-refractivity contribution >= 4 is 10.9 Å². The van der Waals surface area contributed by atoms with E-state index >= 15 is 0 Å². The minimum atomic E-state index is 0.964. The SMILES string of the molecule is C=C(C/C=C/C)Cc1ccc2[nH]ccc2c1. The van der Waals surface area contributed by atoms with Crippen LogP contribution in [-0.2, 0) is 6.42 Å². The first-order chi connectivity index (χ1) is 7.79. The highest BCUT2D eigenvalue weighted by Gasteiger charge is 1.99. The van der Waals surface area contributed by atoms with Crippen LogP contribution < -0.4 is 0 Å². The molecular weight excluding hydrogens is 194 g/mol. The number of allylic oxidation sites excluding steroid dienone is 3. The lowest BCUT2D eigenvalue weighted by Gasteiger charge is -2.03. The second-order valence-corrected chi connectivity index (χ2v) is 4.10. The van der Waals surface area contributed by atoms with Crippen LogP contribution in [-0.4, -0.2) is 4.98 Å². The molecule has 82 valence electrons. The molecule has 1 aromatic carbocycles. The molecule has 0 radical (unpaired) electrons. The van der Waals surface area contributed by atoms with Gasteiger partial charge in [0.25, 0.3) is 0 Å². The molecule has 0 saturated heterocycles. The summed E-state index contributed by atoms with van der Waals surface area (Å²) in [5.74, 6) is 0. The fourth-order valence-electron chi connectivity index (χ4n) is 1.86. The molecule has 0 aliphatic carbocycles. The van der Waals surface area contributed by atoms with Crippen LogP contribution in [0, 0.1) is 0 Å². The number of benzene rings is 1. The highest BCUT2D eigenvalue weighted by atomic mass is 14.7. The van der Waals surface area contributed by atoms with Gasteiger partial charge in [-0.05, 0) is 48.9 Å². The molecule has 0 amide bonds. The standard InChI is InChI=1S/C15H17N/c1-3-4-5-12(2)10-13-6-7-15-14(11-13)8-9-16-15/h3-4,6-9,11,16H,2,5,10H2,1H3/b4-3+. The van der Waals surface area contributed by atoms with E-state index in [-0.39, 0.29) is 0 Å². The summed E-state index contributed by atoms with van der Waals surface area (Å²) in [6.07, 6.45) is 8.13. The van der Waals surface area contributed by atoms with E-state index in [0.29, 0.717) is 0 Å². The largest absolute Gasteiger partial charge is 0.361 e. The monoisotopic (exact) mass is 211 g/mol. The van der Waals surface area contributed by atoms with E-state index in [4.69, 9.17) is 0 Å². The maximum atomic E-state index is 4.10. The molecule has 1 N–H and O–H groups in total. The van der Waals surface area contributed by atoms with Crippen LogP contribution in [0.3, 0.4) is 0 Å². The van der Waals surface area contributed by atoms with Crippen molar-refractivity contribution in [2.24, 2.45) is 0 Å². The number of hydrogen-bond acceptors (Lipinski definition) is 0. The Bertz CT molecular complexity index is 517. The Kier molecular flexibility index (Phi) is 3.25. The van der Waals surface area contributed by atoms with Crippen LogP contribution >= 0.6 is 0 Å². The highest BCUT2D eigenvalue weighted by molar-refractivity contribution is 5.79. The highest BCUT2D eigenvalue weighted by Crippen LogP contribution is 2.17. The Hall–Kier alpha value is -1.76. The van der Waals surface area contributed by atoms with Gasteiger partial charge in [-0.25, -0.2) is 0 Å². The Balaban J connectivity index is 2.11. The Morgan fingerprint density at radius 3 is 3.06 bits per heavy atom. The number of H-pyrrole nitrogens is 1. The molecule has 0 aliphatic rings. The van der Waals surface area contributed by atoms with Crippen molar-refractivity contribution in [3.05, 3.63) is 60.3 Å². The third-order valence-electron chi connectivity index (χ3n) is 2.71. The molecule has 0 fully saturated rings. The predicted molar refractivity (Wildman–Crippen MR) is 70.6 cm³/mol. The maximum absolute atomic E-state index is 4.10. The van der Waals surface area contributed by atoms with Crippen molar-refractivity contribution in [1.82, 2.24) is 4.98 Å². The zero-order valence-corrected chi connectivity index (χ0v) is 9.66. The first kappa shape index (κ1) is 10.7. The second-order valence-electron chi connectivity index (χ2n) is 4.10. The average molecular weight is 211 g/mol. The van der Waals surface area contributed by atoms with E-state index in [9.17, 15) is 0 Å². The topological polar surface area (TPSA) is 15.8 Å². The van der Waals surface area contributed by atoms with Crippen LogP contribution in [0.25, 0.3) is 10.9 Å². The summed E-state index contributed by atoms with van der Waals surface area (Å²) in [5, 5.41) is 1.27. The number of hydrogen-bond donors (Lipinski definition) is 1. The lowest BCUT2D eigenvalue weighted by molar-refractivity contribution is 1.08. The number of rotatable bonds is 4. The molecule has 1 heterocycles. The predicted octanol–water partition coefficient (Wildman–Crippen LogP) is 4.23. The van der Waals surface area contributed by atoms with Gasteiger partial charge in [0.15, 0.2) is 0 Å². The summed E-state index contributed by atoms with van der Waals surface area (Å²) in [5.41, 5.74) is 3.79. The van der Waals surface area contributed by atoms with Crippen LogP contribution in [0.4, 0.5) is 0 Å². The molecule has 0 spiro atoms. The first-order valence-electron chi connectivity index (χ1n) is 5.63.